The van der Waals surface area contributed by atoms with Crippen LogP contribution in [-0.4, -0.2) is 43.3 Å². The Hall–Kier alpha value is -2.86. The lowest BCUT2D eigenvalue weighted by Gasteiger charge is -2.26. The van der Waals surface area contributed by atoms with Gasteiger partial charge in [-0.2, -0.15) is 0 Å². The fourth-order valence-corrected chi connectivity index (χ4v) is 4.03. The molecule has 3 atom stereocenters. The number of rotatable bonds is 6. The van der Waals surface area contributed by atoms with E-state index in [2.05, 4.69) is 0 Å². The summed E-state index contributed by atoms with van der Waals surface area (Å²) >= 11 is 0. The van der Waals surface area contributed by atoms with E-state index < -0.39 is 12.1 Å². The highest BCUT2D eigenvalue weighted by molar-refractivity contribution is 6.00. The van der Waals surface area contributed by atoms with Gasteiger partial charge in [0, 0.05) is 18.3 Å². The molecular formula is C24H27NO5. The van der Waals surface area contributed by atoms with Gasteiger partial charge in [0.1, 0.15) is 12.4 Å². The Morgan fingerprint density at radius 2 is 1.93 bits per heavy atom. The Morgan fingerprint density at radius 3 is 2.67 bits per heavy atom. The van der Waals surface area contributed by atoms with Crippen molar-refractivity contribution in [2.24, 2.45) is 0 Å². The molecule has 0 spiro atoms. The summed E-state index contributed by atoms with van der Waals surface area (Å²) in [6, 6.07) is 14.6. The third-order valence-electron chi connectivity index (χ3n) is 5.63. The molecule has 30 heavy (non-hydrogen) atoms. The lowest BCUT2D eigenvalue weighted by atomic mass is 10.1. The lowest BCUT2D eigenvalue weighted by molar-refractivity contribution is -0.126. The van der Waals surface area contributed by atoms with Gasteiger partial charge in [0.25, 0.3) is 5.91 Å². The normalized spacial score (nSPS) is 21.2. The standard InChI is InChI=1S/C24H27NO5/c1-16-14-19-6-3-4-8-22(19)25(16)23(26)17(2)30-24(27)18-9-11-20(12-10-18)29-15-21-7-5-13-28-21/h3-4,6,8-12,16-17,21H,5,7,13-15H2,1-2H3/t16-,17+,21+/m1/s1. The largest absolute Gasteiger partial charge is 0.491 e. The maximum Gasteiger partial charge on any atom is 0.338 e. The molecule has 2 aromatic carbocycles. The average molecular weight is 409 g/mol. The van der Waals surface area contributed by atoms with Crippen LogP contribution >= 0.6 is 0 Å². The first-order valence-corrected chi connectivity index (χ1v) is 10.5. The molecule has 2 aromatic rings. The van der Waals surface area contributed by atoms with E-state index >= 15 is 0 Å². The van der Waals surface area contributed by atoms with Crippen LogP contribution in [0.3, 0.4) is 0 Å². The van der Waals surface area contributed by atoms with Crippen molar-refractivity contribution in [3.05, 3.63) is 59.7 Å². The van der Waals surface area contributed by atoms with Gasteiger partial charge in [0.15, 0.2) is 6.10 Å². The van der Waals surface area contributed by atoms with Crippen LogP contribution in [0.25, 0.3) is 0 Å². The summed E-state index contributed by atoms with van der Waals surface area (Å²) < 4.78 is 16.7. The molecule has 0 unspecified atom stereocenters. The highest BCUT2D eigenvalue weighted by Gasteiger charge is 2.34. The number of carbonyl (C=O) groups excluding carboxylic acids is 2. The van der Waals surface area contributed by atoms with Gasteiger partial charge in [-0.05, 0) is 69.0 Å². The minimum atomic E-state index is -0.874. The van der Waals surface area contributed by atoms with Crippen LogP contribution in [0.1, 0.15) is 42.6 Å². The Bertz CT molecular complexity index is 904. The van der Waals surface area contributed by atoms with Crippen molar-refractivity contribution in [3.63, 3.8) is 0 Å². The fraction of sp³-hybridized carbons (Fsp3) is 0.417. The molecule has 6 nitrogen and oxygen atoms in total. The summed E-state index contributed by atoms with van der Waals surface area (Å²) in [4.78, 5) is 27.2. The molecule has 2 aliphatic rings. The van der Waals surface area contributed by atoms with Gasteiger partial charge in [0.2, 0.25) is 0 Å². The Balaban J connectivity index is 1.34. The SMILES string of the molecule is C[C@H](OC(=O)c1ccc(OC[C@@H]2CCCO2)cc1)C(=O)N1c2ccccc2C[C@H]1C. The minimum Gasteiger partial charge on any atom is -0.491 e. The second-order valence-electron chi connectivity index (χ2n) is 7.91. The number of benzene rings is 2. The van der Waals surface area contributed by atoms with Gasteiger partial charge in [0.05, 0.1) is 11.7 Å². The summed E-state index contributed by atoms with van der Waals surface area (Å²) in [6.07, 6.45) is 2.14. The number of para-hydroxylation sites is 1. The molecule has 1 saturated heterocycles. The first-order valence-electron chi connectivity index (χ1n) is 10.5. The molecule has 4 rings (SSSR count). The Kier molecular flexibility index (Phi) is 6.04. The molecule has 0 radical (unpaired) electrons. The smallest absolute Gasteiger partial charge is 0.338 e. The summed E-state index contributed by atoms with van der Waals surface area (Å²) in [5.74, 6) is -0.0624. The molecule has 2 heterocycles. The van der Waals surface area contributed by atoms with Crippen molar-refractivity contribution >= 4 is 17.6 Å². The number of hydrogen-bond acceptors (Lipinski definition) is 5. The monoisotopic (exact) mass is 409 g/mol. The lowest BCUT2D eigenvalue weighted by Crippen LogP contribution is -2.43. The van der Waals surface area contributed by atoms with E-state index in [1.165, 1.54) is 0 Å². The van der Waals surface area contributed by atoms with Crippen molar-refractivity contribution in [1.29, 1.82) is 0 Å². The van der Waals surface area contributed by atoms with E-state index in [9.17, 15) is 9.59 Å². The van der Waals surface area contributed by atoms with E-state index in [0.717, 1.165) is 37.1 Å². The van der Waals surface area contributed by atoms with Crippen LogP contribution in [0.2, 0.25) is 0 Å². The Labute approximate surface area is 176 Å². The van der Waals surface area contributed by atoms with Crippen LogP contribution in [0, 0.1) is 0 Å². The van der Waals surface area contributed by atoms with Gasteiger partial charge in [-0.1, -0.05) is 18.2 Å². The summed E-state index contributed by atoms with van der Waals surface area (Å²) in [6.45, 7) is 4.91. The molecule has 0 bridgehead atoms. The Morgan fingerprint density at radius 1 is 1.17 bits per heavy atom. The summed E-state index contributed by atoms with van der Waals surface area (Å²) in [5.41, 5.74) is 2.41. The number of anilines is 1. The zero-order valence-electron chi connectivity index (χ0n) is 17.4. The minimum absolute atomic E-state index is 0.0383. The summed E-state index contributed by atoms with van der Waals surface area (Å²) in [7, 11) is 0. The zero-order chi connectivity index (χ0) is 21.1. The van der Waals surface area contributed by atoms with Crippen LogP contribution in [0.4, 0.5) is 5.69 Å². The molecule has 6 heteroatoms. The number of esters is 1. The van der Waals surface area contributed by atoms with Crippen LogP contribution in [0.15, 0.2) is 48.5 Å². The highest BCUT2D eigenvalue weighted by Crippen LogP contribution is 2.32. The van der Waals surface area contributed by atoms with Gasteiger partial charge in [-0.3, -0.25) is 4.79 Å². The number of carbonyl (C=O) groups is 2. The number of fused-ring (bicyclic) bond motifs is 1. The molecule has 0 aromatic heterocycles. The van der Waals surface area contributed by atoms with Crippen molar-refractivity contribution < 1.29 is 23.8 Å². The number of hydrogen-bond donors (Lipinski definition) is 0. The van der Waals surface area contributed by atoms with Gasteiger partial charge < -0.3 is 19.1 Å². The van der Waals surface area contributed by atoms with Crippen LogP contribution < -0.4 is 9.64 Å². The molecular weight excluding hydrogens is 382 g/mol. The van der Waals surface area contributed by atoms with Gasteiger partial charge in [-0.25, -0.2) is 4.79 Å². The second-order valence-corrected chi connectivity index (χ2v) is 7.91. The molecule has 2 aliphatic heterocycles. The number of nitrogens with zero attached hydrogens (tertiary/aromatic N) is 1. The number of ether oxygens (including phenoxy) is 3. The topological polar surface area (TPSA) is 65.1 Å². The fourth-order valence-electron chi connectivity index (χ4n) is 4.03. The molecule has 1 fully saturated rings. The quantitative estimate of drug-likeness (QED) is 0.680. The highest BCUT2D eigenvalue weighted by atomic mass is 16.5. The van der Waals surface area contributed by atoms with E-state index in [0.29, 0.717) is 17.9 Å². The predicted octanol–water partition coefficient (Wildman–Crippen LogP) is 3.77. The average Bonchev–Trinajstić information content (AvgIpc) is 3.38. The van der Waals surface area contributed by atoms with Crippen molar-refractivity contribution in [1.82, 2.24) is 0 Å². The predicted molar refractivity (Wildman–Crippen MR) is 113 cm³/mol. The molecule has 0 saturated carbocycles. The maximum atomic E-state index is 13.0. The molecule has 0 aliphatic carbocycles. The summed E-state index contributed by atoms with van der Waals surface area (Å²) in [5, 5.41) is 0. The van der Waals surface area contributed by atoms with Crippen LogP contribution in [0.5, 0.6) is 5.75 Å². The molecule has 1 amide bonds. The van der Waals surface area contributed by atoms with Gasteiger partial charge >= 0.3 is 5.97 Å². The number of amides is 1. The maximum absolute atomic E-state index is 13.0. The van der Waals surface area contributed by atoms with E-state index in [4.69, 9.17) is 14.2 Å². The van der Waals surface area contributed by atoms with Gasteiger partial charge in [-0.15, -0.1) is 0 Å². The zero-order valence-corrected chi connectivity index (χ0v) is 17.4. The van der Waals surface area contributed by atoms with Crippen molar-refractivity contribution in [3.8, 4) is 5.75 Å². The van der Waals surface area contributed by atoms with Crippen molar-refractivity contribution in [2.75, 3.05) is 18.1 Å². The van der Waals surface area contributed by atoms with Crippen LogP contribution in [-0.2, 0) is 20.7 Å². The van der Waals surface area contributed by atoms with Crippen molar-refractivity contribution in [2.45, 2.75) is 51.4 Å². The van der Waals surface area contributed by atoms with E-state index in [1.54, 1.807) is 36.1 Å². The van der Waals surface area contributed by atoms with E-state index in [1.807, 2.05) is 31.2 Å². The second kappa shape index (κ2) is 8.88. The molecule has 0 N–H and O–H groups in total. The first-order chi connectivity index (χ1) is 14.5. The molecule has 158 valence electrons. The third-order valence-corrected chi connectivity index (χ3v) is 5.63. The first kappa shape index (κ1) is 20.4. The van der Waals surface area contributed by atoms with E-state index in [-0.39, 0.29) is 18.1 Å². The third kappa shape index (κ3) is 4.33.